The summed E-state index contributed by atoms with van der Waals surface area (Å²) in [6, 6.07) is 5.77. The molecule has 0 saturated carbocycles. The minimum atomic E-state index is -0.00564. The molecular formula is C20H26N4O4. The van der Waals surface area contributed by atoms with Crippen LogP contribution >= 0.6 is 0 Å². The Hall–Kier alpha value is -2.77. The number of carbonyl (C=O) groups is 1. The summed E-state index contributed by atoms with van der Waals surface area (Å²) in [6.07, 6.45) is 3.71. The van der Waals surface area contributed by atoms with Gasteiger partial charge in [0.15, 0.2) is 11.5 Å². The zero-order chi connectivity index (χ0) is 19.5. The van der Waals surface area contributed by atoms with E-state index in [0.29, 0.717) is 24.1 Å². The van der Waals surface area contributed by atoms with Crippen LogP contribution in [0.3, 0.4) is 0 Å². The van der Waals surface area contributed by atoms with Crippen molar-refractivity contribution in [2.75, 3.05) is 19.9 Å². The molecular weight excluding hydrogens is 360 g/mol. The van der Waals surface area contributed by atoms with Crippen molar-refractivity contribution in [1.29, 1.82) is 0 Å². The number of hydrogen-bond donors (Lipinski definition) is 1. The fourth-order valence-corrected chi connectivity index (χ4v) is 3.67. The van der Waals surface area contributed by atoms with Crippen LogP contribution in [0.5, 0.6) is 11.5 Å². The van der Waals surface area contributed by atoms with Gasteiger partial charge in [0.25, 0.3) is 0 Å². The van der Waals surface area contributed by atoms with E-state index in [1.807, 2.05) is 23.1 Å². The Kier molecular flexibility index (Phi) is 5.36. The number of ether oxygens (including phenoxy) is 2. The molecule has 0 radical (unpaired) electrons. The molecule has 8 nitrogen and oxygen atoms in total. The molecule has 2 aliphatic rings. The van der Waals surface area contributed by atoms with Gasteiger partial charge in [-0.05, 0) is 43.9 Å². The largest absolute Gasteiger partial charge is 0.454 e. The predicted octanol–water partition coefficient (Wildman–Crippen LogP) is 3.54. The van der Waals surface area contributed by atoms with Gasteiger partial charge in [-0.2, -0.15) is 0 Å². The first kappa shape index (κ1) is 18.6. The van der Waals surface area contributed by atoms with Crippen molar-refractivity contribution < 1.29 is 18.7 Å². The van der Waals surface area contributed by atoms with Crippen LogP contribution < -0.4 is 14.8 Å². The third-order valence-corrected chi connectivity index (χ3v) is 5.43. The number of urea groups is 1. The third kappa shape index (κ3) is 3.76. The van der Waals surface area contributed by atoms with Gasteiger partial charge >= 0.3 is 6.03 Å². The number of fused-ring (bicyclic) bond motifs is 1. The highest BCUT2D eigenvalue weighted by Crippen LogP contribution is 2.36. The number of piperidine rings is 1. The predicted molar refractivity (Wildman–Crippen MR) is 102 cm³/mol. The van der Waals surface area contributed by atoms with E-state index >= 15 is 0 Å². The van der Waals surface area contributed by atoms with Crippen molar-refractivity contribution >= 4 is 6.03 Å². The SMILES string of the molecule is CCC(CC)NC(=O)N1CCCC(c2nnc(-c3ccc4c(c3)OCO4)o2)C1. The van der Waals surface area contributed by atoms with E-state index in [2.05, 4.69) is 29.4 Å². The monoisotopic (exact) mass is 386 g/mol. The summed E-state index contributed by atoms with van der Waals surface area (Å²) in [6.45, 7) is 5.75. The van der Waals surface area contributed by atoms with Gasteiger partial charge in [0.1, 0.15) is 0 Å². The van der Waals surface area contributed by atoms with Gasteiger partial charge in [0.2, 0.25) is 18.6 Å². The Labute approximate surface area is 164 Å². The number of hydrogen-bond acceptors (Lipinski definition) is 6. The Bertz CT molecular complexity index is 833. The minimum Gasteiger partial charge on any atom is -0.454 e. The van der Waals surface area contributed by atoms with Crippen molar-refractivity contribution in [3.05, 3.63) is 24.1 Å². The maximum absolute atomic E-state index is 12.6. The van der Waals surface area contributed by atoms with Crippen molar-refractivity contribution in [3.8, 4) is 23.0 Å². The first-order chi connectivity index (χ1) is 13.7. The Morgan fingerprint density at radius 3 is 2.89 bits per heavy atom. The highest BCUT2D eigenvalue weighted by atomic mass is 16.7. The summed E-state index contributed by atoms with van der Waals surface area (Å²) >= 11 is 0. The minimum absolute atomic E-state index is 0.00564. The lowest BCUT2D eigenvalue weighted by atomic mass is 9.98. The summed E-state index contributed by atoms with van der Waals surface area (Å²) < 4.78 is 16.7. The van der Waals surface area contributed by atoms with E-state index < -0.39 is 0 Å². The summed E-state index contributed by atoms with van der Waals surface area (Å²) in [7, 11) is 0. The quantitative estimate of drug-likeness (QED) is 0.845. The number of nitrogens with one attached hydrogen (secondary N) is 1. The third-order valence-electron chi connectivity index (χ3n) is 5.43. The van der Waals surface area contributed by atoms with Crippen LogP contribution in [0, 0.1) is 0 Å². The molecule has 2 aromatic rings. The number of aromatic nitrogens is 2. The maximum Gasteiger partial charge on any atom is 0.317 e. The topological polar surface area (TPSA) is 89.7 Å². The van der Waals surface area contributed by atoms with Crippen molar-refractivity contribution in [2.24, 2.45) is 0 Å². The van der Waals surface area contributed by atoms with E-state index in [1.165, 1.54) is 0 Å². The second-order valence-electron chi connectivity index (χ2n) is 7.26. The molecule has 0 bridgehead atoms. The fourth-order valence-electron chi connectivity index (χ4n) is 3.67. The summed E-state index contributed by atoms with van der Waals surface area (Å²) in [5.74, 6) is 2.48. The van der Waals surface area contributed by atoms with Crippen LogP contribution in [0.25, 0.3) is 11.5 Å². The number of carbonyl (C=O) groups excluding carboxylic acids is 1. The number of rotatable bonds is 5. The van der Waals surface area contributed by atoms with Crippen LogP contribution in [-0.4, -0.2) is 47.1 Å². The molecule has 1 fully saturated rings. The van der Waals surface area contributed by atoms with Crippen molar-refractivity contribution in [2.45, 2.75) is 51.5 Å². The molecule has 150 valence electrons. The first-order valence-corrected chi connectivity index (χ1v) is 9.96. The molecule has 28 heavy (non-hydrogen) atoms. The molecule has 8 heteroatoms. The highest BCUT2D eigenvalue weighted by molar-refractivity contribution is 5.74. The molecule has 2 amide bonds. The molecule has 1 N–H and O–H groups in total. The van der Waals surface area contributed by atoms with Crippen LogP contribution in [-0.2, 0) is 0 Å². The average Bonchev–Trinajstić information content (AvgIpc) is 3.40. The average molecular weight is 386 g/mol. The second kappa shape index (κ2) is 8.08. The van der Waals surface area contributed by atoms with E-state index in [4.69, 9.17) is 13.9 Å². The number of nitrogens with zero attached hydrogens (tertiary/aromatic N) is 3. The molecule has 4 rings (SSSR count). The van der Waals surface area contributed by atoms with Gasteiger partial charge in [0.05, 0.1) is 5.92 Å². The Morgan fingerprint density at radius 1 is 1.25 bits per heavy atom. The Balaban J connectivity index is 1.44. The Morgan fingerprint density at radius 2 is 2.07 bits per heavy atom. The molecule has 1 unspecified atom stereocenters. The van der Waals surface area contributed by atoms with Crippen molar-refractivity contribution in [3.63, 3.8) is 0 Å². The number of likely N-dealkylation sites (tertiary alicyclic amines) is 1. The van der Waals surface area contributed by atoms with Gasteiger partial charge in [-0.25, -0.2) is 4.79 Å². The van der Waals surface area contributed by atoms with E-state index in [0.717, 1.165) is 43.5 Å². The summed E-state index contributed by atoms with van der Waals surface area (Å²) in [5.41, 5.74) is 0.794. The standard InChI is InChI=1S/C20H26N4O4/c1-3-15(4-2)21-20(25)24-9-5-6-14(11-24)19-23-22-18(28-19)13-7-8-16-17(10-13)27-12-26-16/h7-8,10,14-15H,3-6,9,11-12H2,1-2H3,(H,21,25). The van der Waals surface area contributed by atoms with Gasteiger partial charge < -0.3 is 24.1 Å². The van der Waals surface area contributed by atoms with Gasteiger partial charge in [-0.3, -0.25) is 0 Å². The van der Waals surface area contributed by atoms with Crippen LogP contribution in [0.1, 0.15) is 51.3 Å². The second-order valence-corrected chi connectivity index (χ2v) is 7.26. The zero-order valence-electron chi connectivity index (χ0n) is 16.3. The van der Waals surface area contributed by atoms with E-state index in [1.54, 1.807) is 0 Å². The van der Waals surface area contributed by atoms with Gasteiger partial charge in [-0.15, -0.1) is 10.2 Å². The lowest BCUT2D eigenvalue weighted by Gasteiger charge is -2.32. The summed E-state index contributed by atoms with van der Waals surface area (Å²) in [5, 5.41) is 11.6. The van der Waals surface area contributed by atoms with Crippen molar-refractivity contribution in [1.82, 2.24) is 20.4 Å². The van der Waals surface area contributed by atoms with E-state index in [9.17, 15) is 4.79 Å². The molecule has 0 spiro atoms. The lowest BCUT2D eigenvalue weighted by Crippen LogP contribution is -2.48. The molecule has 2 aliphatic heterocycles. The van der Waals surface area contributed by atoms with Gasteiger partial charge in [0, 0.05) is 24.7 Å². The normalized spacial score (nSPS) is 18.5. The van der Waals surface area contributed by atoms with Gasteiger partial charge in [-0.1, -0.05) is 13.8 Å². The molecule has 1 aromatic carbocycles. The number of amides is 2. The molecule has 0 aliphatic carbocycles. The molecule has 3 heterocycles. The first-order valence-electron chi connectivity index (χ1n) is 9.96. The van der Waals surface area contributed by atoms with Crippen LogP contribution in [0.15, 0.2) is 22.6 Å². The summed E-state index contributed by atoms with van der Waals surface area (Å²) in [4.78, 5) is 14.4. The maximum atomic E-state index is 12.6. The van der Waals surface area contributed by atoms with Crippen LogP contribution in [0.4, 0.5) is 4.79 Å². The highest BCUT2D eigenvalue weighted by Gasteiger charge is 2.29. The molecule has 1 saturated heterocycles. The molecule has 1 atom stereocenters. The number of benzene rings is 1. The van der Waals surface area contributed by atoms with E-state index in [-0.39, 0.29) is 24.8 Å². The smallest absolute Gasteiger partial charge is 0.317 e. The fraction of sp³-hybridized carbons (Fsp3) is 0.550. The lowest BCUT2D eigenvalue weighted by molar-refractivity contribution is 0.170. The zero-order valence-corrected chi connectivity index (χ0v) is 16.3. The van der Waals surface area contributed by atoms with Crippen LogP contribution in [0.2, 0.25) is 0 Å². The molecule has 1 aromatic heterocycles.